The number of para-hydroxylation sites is 1. The van der Waals surface area contributed by atoms with Gasteiger partial charge in [0.2, 0.25) is 5.91 Å². The van der Waals surface area contributed by atoms with Gasteiger partial charge in [0.25, 0.3) is 0 Å². The summed E-state index contributed by atoms with van der Waals surface area (Å²) in [5, 5.41) is 6.03. The molecule has 0 aliphatic heterocycles. The van der Waals surface area contributed by atoms with E-state index in [1.54, 1.807) is 0 Å². The Morgan fingerprint density at radius 3 is 2.36 bits per heavy atom. The predicted molar refractivity (Wildman–Crippen MR) is 110 cm³/mol. The molecule has 140 valence electrons. The first-order valence-electron chi connectivity index (χ1n) is 9.40. The molecular weight excluding hydrogens is 350 g/mol. The zero-order valence-corrected chi connectivity index (χ0v) is 15.6. The number of Topliss-reactive ketones (excluding diaryl/α,β-unsaturated/α-hetero) is 1. The molecule has 28 heavy (non-hydrogen) atoms. The first kappa shape index (κ1) is 18.0. The monoisotopic (exact) mass is 371 g/mol. The Morgan fingerprint density at radius 1 is 0.857 bits per heavy atom. The van der Waals surface area contributed by atoms with E-state index in [9.17, 15) is 9.59 Å². The van der Waals surface area contributed by atoms with Crippen LogP contribution in [0, 0.1) is 0 Å². The number of ketones is 1. The molecule has 4 rings (SSSR count). The van der Waals surface area contributed by atoms with Gasteiger partial charge in [-0.2, -0.15) is 0 Å². The maximum absolute atomic E-state index is 12.5. The summed E-state index contributed by atoms with van der Waals surface area (Å²) in [5.74, 6) is 0.509. The van der Waals surface area contributed by atoms with Gasteiger partial charge in [-0.15, -0.1) is 0 Å². The van der Waals surface area contributed by atoms with E-state index in [1.165, 1.54) is 0 Å². The third kappa shape index (κ3) is 3.81. The number of benzene rings is 3. The number of amides is 1. The average Bonchev–Trinajstić information content (AvgIpc) is 3.16. The van der Waals surface area contributed by atoms with E-state index in [1.807, 2.05) is 79.7 Å². The highest BCUT2D eigenvalue weighted by Gasteiger charge is 2.15. The Morgan fingerprint density at radius 2 is 1.57 bits per heavy atom. The maximum atomic E-state index is 12.5. The number of fused-ring (bicyclic) bond motifs is 2. The van der Waals surface area contributed by atoms with E-state index in [-0.39, 0.29) is 30.6 Å². The van der Waals surface area contributed by atoms with Crippen molar-refractivity contribution in [1.82, 2.24) is 5.32 Å². The van der Waals surface area contributed by atoms with Gasteiger partial charge in [-0.05, 0) is 35.9 Å². The Hall–Kier alpha value is -3.40. The quantitative estimate of drug-likeness (QED) is 0.460. The van der Waals surface area contributed by atoms with Crippen molar-refractivity contribution in [3.8, 4) is 0 Å². The van der Waals surface area contributed by atoms with Crippen molar-refractivity contribution in [3.05, 3.63) is 84.1 Å². The van der Waals surface area contributed by atoms with Gasteiger partial charge in [0.05, 0.1) is 6.04 Å². The van der Waals surface area contributed by atoms with Crippen LogP contribution in [0.25, 0.3) is 21.7 Å². The van der Waals surface area contributed by atoms with Crippen molar-refractivity contribution in [2.75, 3.05) is 0 Å². The molecule has 4 heteroatoms. The van der Waals surface area contributed by atoms with Gasteiger partial charge in [0.1, 0.15) is 11.3 Å². The number of nitrogens with one attached hydrogen (secondary N) is 1. The van der Waals surface area contributed by atoms with Crippen molar-refractivity contribution in [2.24, 2.45) is 0 Å². The lowest BCUT2D eigenvalue weighted by molar-refractivity contribution is -0.121. The highest BCUT2D eigenvalue weighted by molar-refractivity contribution is 6.01. The van der Waals surface area contributed by atoms with Crippen LogP contribution in [0.2, 0.25) is 0 Å². The molecule has 1 heterocycles. The fourth-order valence-electron chi connectivity index (χ4n) is 3.33. The minimum absolute atomic E-state index is 0.0303. The van der Waals surface area contributed by atoms with Crippen molar-refractivity contribution >= 4 is 33.4 Å². The lowest BCUT2D eigenvalue weighted by Gasteiger charge is -2.11. The van der Waals surface area contributed by atoms with Gasteiger partial charge < -0.3 is 9.73 Å². The number of rotatable bonds is 6. The van der Waals surface area contributed by atoms with E-state index in [0.29, 0.717) is 11.3 Å². The largest absolute Gasteiger partial charge is 0.459 e. The molecule has 1 amide bonds. The van der Waals surface area contributed by atoms with E-state index in [2.05, 4.69) is 5.32 Å². The first-order chi connectivity index (χ1) is 13.6. The molecule has 0 saturated carbocycles. The van der Waals surface area contributed by atoms with E-state index >= 15 is 0 Å². The van der Waals surface area contributed by atoms with Crippen LogP contribution in [-0.4, -0.2) is 11.7 Å². The lowest BCUT2D eigenvalue weighted by Crippen LogP contribution is -2.26. The molecule has 0 aliphatic carbocycles. The highest BCUT2D eigenvalue weighted by atomic mass is 16.3. The molecule has 0 aliphatic rings. The standard InChI is InChI=1S/C24H21NO3/c1-16(23-15-20-8-4-5-9-22(20)28-23)25-24(27)13-12-21(26)19-11-10-17-6-2-3-7-18(17)14-19/h2-11,14-16H,12-13H2,1H3,(H,25,27)/t16-/m1/s1. The predicted octanol–water partition coefficient (Wildman–Crippen LogP) is 5.43. The fourth-order valence-corrected chi connectivity index (χ4v) is 3.33. The summed E-state index contributed by atoms with van der Waals surface area (Å²) in [7, 11) is 0. The molecule has 3 aromatic carbocycles. The molecule has 1 atom stereocenters. The average molecular weight is 371 g/mol. The van der Waals surface area contributed by atoms with Gasteiger partial charge in [-0.1, -0.05) is 54.6 Å². The van der Waals surface area contributed by atoms with Gasteiger partial charge >= 0.3 is 0 Å². The smallest absolute Gasteiger partial charge is 0.221 e. The van der Waals surface area contributed by atoms with Crippen LogP contribution in [0.15, 0.2) is 77.2 Å². The fraction of sp³-hybridized carbons (Fsp3) is 0.167. The second kappa shape index (κ2) is 7.69. The molecule has 0 unspecified atom stereocenters. The zero-order chi connectivity index (χ0) is 19.5. The second-order valence-corrected chi connectivity index (χ2v) is 6.96. The third-order valence-electron chi connectivity index (χ3n) is 4.90. The second-order valence-electron chi connectivity index (χ2n) is 6.96. The highest BCUT2D eigenvalue weighted by Crippen LogP contribution is 2.23. The van der Waals surface area contributed by atoms with Crippen molar-refractivity contribution < 1.29 is 14.0 Å². The molecule has 0 fully saturated rings. The van der Waals surface area contributed by atoms with Crippen molar-refractivity contribution in [1.29, 1.82) is 0 Å². The molecule has 0 radical (unpaired) electrons. The van der Waals surface area contributed by atoms with Gasteiger partial charge in [-0.25, -0.2) is 0 Å². The summed E-state index contributed by atoms with van der Waals surface area (Å²) in [6.07, 6.45) is 0.327. The molecule has 1 aromatic heterocycles. The molecule has 4 nitrogen and oxygen atoms in total. The van der Waals surface area contributed by atoms with E-state index < -0.39 is 0 Å². The minimum Gasteiger partial charge on any atom is -0.459 e. The van der Waals surface area contributed by atoms with Crippen LogP contribution < -0.4 is 5.32 Å². The first-order valence-corrected chi connectivity index (χ1v) is 9.40. The number of hydrogen-bond acceptors (Lipinski definition) is 3. The molecule has 1 N–H and O–H groups in total. The zero-order valence-electron chi connectivity index (χ0n) is 15.6. The Bertz CT molecular complexity index is 1130. The molecule has 4 aromatic rings. The van der Waals surface area contributed by atoms with Crippen LogP contribution in [-0.2, 0) is 4.79 Å². The molecule has 0 saturated heterocycles. The normalized spacial score (nSPS) is 12.2. The lowest BCUT2D eigenvalue weighted by atomic mass is 10.0. The summed E-state index contributed by atoms with van der Waals surface area (Å²) < 4.78 is 5.78. The van der Waals surface area contributed by atoms with Crippen LogP contribution in [0.5, 0.6) is 0 Å². The Labute approximate surface area is 163 Å². The summed E-state index contributed by atoms with van der Waals surface area (Å²) >= 11 is 0. The van der Waals surface area contributed by atoms with Gasteiger partial charge in [0, 0.05) is 23.8 Å². The topological polar surface area (TPSA) is 59.3 Å². The van der Waals surface area contributed by atoms with Gasteiger partial charge in [-0.3, -0.25) is 9.59 Å². The molecule has 0 spiro atoms. The summed E-state index contributed by atoms with van der Waals surface area (Å²) in [6.45, 7) is 1.88. The Balaban J connectivity index is 1.35. The number of carbonyl (C=O) groups is 2. The van der Waals surface area contributed by atoms with Crippen molar-refractivity contribution in [2.45, 2.75) is 25.8 Å². The van der Waals surface area contributed by atoms with E-state index in [0.717, 1.165) is 21.7 Å². The summed E-state index contributed by atoms with van der Waals surface area (Å²) in [4.78, 5) is 24.8. The van der Waals surface area contributed by atoms with Crippen LogP contribution in [0.1, 0.15) is 41.9 Å². The Kier molecular flexibility index (Phi) is 4.94. The van der Waals surface area contributed by atoms with Gasteiger partial charge in [0.15, 0.2) is 5.78 Å². The maximum Gasteiger partial charge on any atom is 0.221 e. The van der Waals surface area contributed by atoms with Crippen LogP contribution in [0.4, 0.5) is 0 Å². The molecule has 0 bridgehead atoms. The number of furan rings is 1. The summed E-state index contributed by atoms with van der Waals surface area (Å²) in [5.41, 5.74) is 1.43. The van der Waals surface area contributed by atoms with E-state index in [4.69, 9.17) is 4.42 Å². The number of hydrogen-bond donors (Lipinski definition) is 1. The molecular formula is C24H21NO3. The number of carbonyl (C=O) groups excluding carboxylic acids is 2. The SMILES string of the molecule is C[C@@H](NC(=O)CCC(=O)c1ccc2ccccc2c1)c1cc2ccccc2o1. The minimum atomic E-state index is -0.254. The summed E-state index contributed by atoms with van der Waals surface area (Å²) in [6, 6.07) is 23.0. The third-order valence-corrected chi connectivity index (χ3v) is 4.90. The van der Waals surface area contributed by atoms with Crippen LogP contribution in [0.3, 0.4) is 0 Å². The van der Waals surface area contributed by atoms with Crippen LogP contribution >= 0.6 is 0 Å². The van der Waals surface area contributed by atoms with Crippen molar-refractivity contribution in [3.63, 3.8) is 0 Å².